The van der Waals surface area contributed by atoms with Crippen molar-refractivity contribution >= 4 is 0 Å². The van der Waals surface area contributed by atoms with E-state index in [0.29, 0.717) is 23.8 Å². The van der Waals surface area contributed by atoms with E-state index in [1.54, 1.807) is 20.5 Å². The van der Waals surface area contributed by atoms with Gasteiger partial charge in [-0.05, 0) is 32.0 Å². The third kappa shape index (κ3) is 2.66. The summed E-state index contributed by atoms with van der Waals surface area (Å²) in [6.07, 6.45) is 4.32. The van der Waals surface area contributed by atoms with Crippen LogP contribution in [0.3, 0.4) is 0 Å². The van der Waals surface area contributed by atoms with Crippen molar-refractivity contribution < 1.29 is 14.0 Å². The number of ether oxygens (including phenoxy) is 2. The minimum absolute atomic E-state index is 0.405. The van der Waals surface area contributed by atoms with Crippen molar-refractivity contribution in [2.75, 3.05) is 14.2 Å². The van der Waals surface area contributed by atoms with Gasteiger partial charge in [-0.1, -0.05) is 5.16 Å². The van der Waals surface area contributed by atoms with Crippen LogP contribution in [0.5, 0.6) is 5.75 Å². The van der Waals surface area contributed by atoms with Gasteiger partial charge in [-0.3, -0.25) is 4.68 Å². The molecule has 0 fully saturated rings. The molecule has 1 aliphatic rings. The fourth-order valence-electron chi connectivity index (χ4n) is 3.77. The molecular weight excluding hydrogens is 384 g/mol. The van der Waals surface area contributed by atoms with E-state index < -0.39 is 5.60 Å². The number of benzene rings is 1. The number of methoxy groups -OCH3 is 2. The Morgan fingerprint density at radius 1 is 1.20 bits per heavy atom. The number of hydrogen-bond donors (Lipinski definition) is 0. The van der Waals surface area contributed by atoms with Gasteiger partial charge < -0.3 is 18.6 Å². The summed E-state index contributed by atoms with van der Waals surface area (Å²) < 4.78 is 20.4. The highest BCUT2D eigenvalue weighted by Gasteiger charge is 2.31. The quantitative estimate of drug-likeness (QED) is 0.453. The van der Waals surface area contributed by atoms with Gasteiger partial charge in [0.2, 0.25) is 5.82 Å². The molecule has 154 valence electrons. The van der Waals surface area contributed by atoms with Crippen LogP contribution in [-0.2, 0) is 23.8 Å². The summed E-state index contributed by atoms with van der Waals surface area (Å²) in [6.45, 7) is 3.76. The zero-order chi connectivity index (χ0) is 21.0. The maximum Gasteiger partial charge on any atom is 0.258 e. The lowest BCUT2D eigenvalue weighted by Gasteiger charge is -2.16. The van der Waals surface area contributed by atoms with E-state index in [9.17, 15) is 0 Å². The van der Waals surface area contributed by atoms with Crippen molar-refractivity contribution in [3.05, 3.63) is 47.9 Å². The molecule has 0 aliphatic carbocycles. The van der Waals surface area contributed by atoms with Crippen LogP contribution >= 0.6 is 0 Å². The second kappa shape index (κ2) is 6.53. The number of imidazole rings is 1. The van der Waals surface area contributed by atoms with Gasteiger partial charge in [0.1, 0.15) is 23.4 Å². The number of fused-ring (bicyclic) bond motifs is 5. The lowest BCUT2D eigenvalue weighted by molar-refractivity contribution is -0.00786. The van der Waals surface area contributed by atoms with Crippen molar-refractivity contribution in [2.45, 2.75) is 25.9 Å². The average molecular weight is 406 g/mol. The van der Waals surface area contributed by atoms with Gasteiger partial charge >= 0.3 is 0 Å². The van der Waals surface area contributed by atoms with E-state index in [1.807, 2.05) is 50.0 Å². The van der Waals surface area contributed by atoms with Crippen molar-refractivity contribution in [2.24, 2.45) is 7.05 Å². The Hall–Kier alpha value is -3.46. The Morgan fingerprint density at radius 3 is 2.80 bits per heavy atom. The number of hydrogen-bond acceptors (Lipinski definition) is 7. The minimum Gasteiger partial charge on any atom is -0.497 e. The molecule has 0 bridgehead atoms. The monoisotopic (exact) mass is 406 g/mol. The van der Waals surface area contributed by atoms with Crippen LogP contribution in [0.25, 0.3) is 28.5 Å². The summed E-state index contributed by atoms with van der Waals surface area (Å²) in [5.74, 6) is 1.63. The van der Waals surface area contributed by atoms with E-state index in [-0.39, 0.29) is 0 Å². The second-order valence-corrected chi connectivity index (χ2v) is 7.75. The van der Waals surface area contributed by atoms with Gasteiger partial charge in [0.05, 0.1) is 30.4 Å². The maximum atomic E-state index is 5.47. The molecule has 5 rings (SSSR count). The smallest absolute Gasteiger partial charge is 0.258 e. The molecule has 4 heterocycles. The summed E-state index contributed by atoms with van der Waals surface area (Å²) in [5.41, 5.74) is 5.13. The molecule has 30 heavy (non-hydrogen) atoms. The van der Waals surface area contributed by atoms with E-state index in [4.69, 9.17) is 14.0 Å². The average Bonchev–Trinajstić information content (AvgIpc) is 3.45. The zero-order valence-electron chi connectivity index (χ0n) is 17.5. The molecule has 0 saturated heterocycles. The molecule has 0 saturated carbocycles. The van der Waals surface area contributed by atoms with Crippen LogP contribution in [0.1, 0.15) is 31.0 Å². The van der Waals surface area contributed by atoms with Gasteiger partial charge in [-0.25, -0.2) is 4.98 Å². The van der Waals surface area contributed by atoms with Crippen LogP contribution in [0.4, 0.5) is 0 Å². The summed E-state index contributed by atoms with van der Waals surface area (Å²) >= 11 is 0. The predicted molar refractivity (Wildman–Crippen MR) is 108 cm³/mol. The van der Waals surface area contributed by atoms with Crippen molar-refractivity contribution in [3.63, 3.8) is 0 Å². The molecule has 3 aromatic heterocycles. The van der Waals surface area contributed by atoms with E-state index >= 15 is 0 Å². The highest BCUT2D eigenvalue weighted by molar-refractivity contribution is 5.77. The number of nitrogens with zero attached hydrogens (tertiary/aromatic N) is 6. The summed E-state index contributed by atoms with van der Waals surface area (Å²) in [4.78, 5) is 9.19. The standard InChI is InChI=1S/C21H22N6O3/c1-21(2,29-5)20-24-19(25-30-20)17-16-8-12-10-23-26(3)18(12)14-9-13(28-4)6-7-15(14)27(16)11-22-17/h6-7,9-11H,8H2,1-5H3. The van der Waals surface area contributed by atoms with Crippen LogP contribution in [0, 0.1) is 0 Å². The van der Waals surface area contributed by atoms with Gasteiger partial charge in [0, 0.05) is 31.7 Å². The molecule has 4 aromatic rings. The van der Waals surface area contributed by atoms with Crippen LogP contribution < -0.4 is 4.74 Å². The predicted octanol–water partition coefficient (Wildman–Crippen LogP) is 3.12. The third-order valence-electron chi connectivity index (χ3n) is 5.62. The molecule has 0 N–H and O–H groups in total. The first-order valence-corrected chi connectivity index (χ1v) is 9.58. The summed E-state index contributed by atoms with van der Waals surface area (Å²) in [5, 5.41) is 8.65. The molecule has 0 spiro atoms. The Balaban J connectivity index is 1.70. The number of aryl methyl sites for hydroxylation is 1. The Kier molecular flexibility index (Phi) is 4.04. The van der Waals surface area contributed by atoms with Gasteiger partial charge in [0.25, 0.3) is 5.89 Å². The molecule has 0 amide bonds. The number of rotatable bonds is 4. The Bertz CT molecular complexity index is 1250. The zero-order valence-corrected chi connectivity index (χ0v) is 17.5. The molecule has 0 atom stereocenters. The van der Waals surface area contributed by atoms with Crippen molar-refractivity contribution in [1.82, 2.24) is 29.5 Å². The molecule has 0 unspecified atom stereocenters. The first-order valence-electron chi connectivity index (χ1n) is 9.58. The molecule has 0 radical (unpaired) electrons. The lowest BCUT2D eigenvalue weighted by atomic mass is 10.0. The summed E-state index contributed by atoms with van der Waals surface area (Å²) in [7, 11) is 5.22. The van der Waals surface area contributed by atoms with Crippen molar-refractivity contribution in [1.29, 1.82) is 0 Å². The van der Waals surface area contributed by atoms with Crippen LogP contribution in [0.2, 0.25) is 0 Å². The molecule has 1 aliphatic heterocycles. The van der Waals surface area contributed by atoms with Crippen LogP contribution in [-0.4, -0.2) is 43.7 Å². The van der Waals surface area contributed by atoms with E-state index in [1.165, 1.54) is 0 Å². The van der Waals surface area contributed by atoms with Crippen molar-refractivity contribution in [3.8, 4) is 34.2 Å². The Morgan fingerprint density at radius 2 is 2.03 bits per heavy atom. The fraction of sp³-hybridized carbons (Fsp3) is 0.333. The largest absolute Gasteiger partial charge is 0.497 e. The highest BCUT2D eigenvalue weighted by Crippen LogP contribution is 2.39. The first-order chi connectivity index (χ1) is 14.4. The lowest BCUT2D eigenvalue weighted by Crippen LogP contribution is -2.19. The molecule has 1 aromatic carbocycles. The first kappa shape index (κ1) is 18.6. The molecule has 9 nitrogen and oxygen atoms in total. The third-order valence-corrected chi connectivity index (χ3v) is 5.62. The van der Waals surface area contributed by atoms with Gasteiger partial charge in [-0.15, -0.1) is 0 Å². The second-order valence-electron chi connectivity index (χ2n) is 7.75. The van der Waals surface area contributed by atoms with Gasteiger partial charge in [0.15, 0.2) is 0 Å². The minimum atomic E-state index is -0.679. The SMILES string of the molecule is COc1ccc2c(c1)-c1c(cnn1C)Cc1c(-c3noc(C(C)(C)OC)n3)ncn1-2. The fourth-order valence-corrected chi connectivity index (χ4v) is 3.77. The van der Waals surface area contributed by atoms with Crippen LogP contribution in [0.15, 0.2) is 35.2 Å². The van der Waals surface area contributed by atoms with E-state index in [0.717, 1.165) is 34.0 Å². The normalized spacial score (nSPS) is 12.8. The summed E-state index contributed by atoms with van der Waals surface area (Å²) in [6, 6.07) is 6.00. The number of aromatic nitrogens is 6. The Labute approximate surface area is 173 Å². The topological polar surface area (TPSA) is 93.0 Å². The van der Waals surface area contributed by atoms with Gasteiger partial charge in [-0.2, -0.15) is 10.1 Å². The maximum absolute atomic E-state index is 5.47. The van der Waals surface area contributed by atoms with E-state index in [2.05, 4.69) is 24.8 Å². The molecular formula is C21H22N6O3. The molecule has 9 heteroatoms. The highest BCUT2D eigenvalue weighted by atomic mass is 16.5.